The maximum atomic E-state index is 10.3. The van der Waals surface area contributed by atoms with Crippen LogP contribution < -0.4 is 5.32 Å². The Balaban J connectivity index is 2.68. The number of oxime groups is 1. The normalized spacial score (nSPS) is 23.8. The van der Waals surface area contributed by atoms with Crippen molar-refractivity contribution < 1.29 is 15.1 Å². The van der Waals surface area contributed by atoms with Crippen molar-refractivity contribution in [1.82, 2.24) is 5.32 Å². The number of rotatable bonds is 3. The summed E-state index contributed by atoms with van der Waals surface area (Å²) in [6, 6.07) is 4.48. The van der Waals surface area contributed by atoms with Crippen LogP contribution in [0.2, 0.25) is 0 Å². The van der Waals surface area contributed by atoms with E-state index in [2.05, 4.69) is 10.5 Å². The summed E-state index contributed by atoms with van der Waals surface area (Å²) in [6.07, 6.45) is 3.41. The Morgan fingerprint density at radius 1 is 1.38 bits per heavy atom. The van der Waals surface area contributed by atoms with Gasteiger partial charge in [0.15, 0.2) is 0 Å². The molecule has 1 aromatic carbocycles. The molecule has 21 heavy (non-hydrogen) atoms. The number of phenolic OH excluding ortho intramolecular Hbond substituents is 2. The molecule has 114 valence electrons. The van der Waals surface area contributed by atoms with Gasteiger partial charge in [0.25, 0.3) is 0 Å². The largest absolute Gasteiger partial charge is 0.508 e. The van der Waals surface area contributed by atoms with Crippen molar-refractivity contribution in [3.05, 3.63) is 23.8 Å². The van der Waals surface area contributed by atoms with E-state index in [0.717, 1.165) is 25.0 Å². The minimum Gasteiger partial charge on any atom is -0.508 e. The van der Waals surface area contributed by atoms with Gasteiger partial charge in [0.2, 0.25) is 0 Å². The first kappa shape index (κ1) is 15.6. The van der Waals surface area contributed by atoms with E-state index in [9.17, 15) is 10.2 Å². The van der Waals surface area contributed by atoms with Crippen molar-refractivity contribution in [3.8, 4) is 11.5 Å². The second-order valence-corrected chi connectivity index (χ2v) is 5.52. The van der Waals surface area contributed by atoms with Crippen molar-refractivity contribution in [1.29, 1.82) is 0 Å². The Labute approximate surface area is 129 Å². The number of nitrogens with one attached hydrogen (secondary N) is 1. The number of hydrogen-bond donors (Lipinski definition) is 3. The van der Waals surface area contributed by atoms with E-state index in [0.29, 0.717) is 17.0 Å². The van der Waals surface area contributed by atoms with Crippen LogP contribution in [0.5, 0.6) is 11.5 Å². The Hall–Kier alpha value is -1.82. The maximum Gasteiger partial charge on any atom is 0.120 e. The van der Waals surface area contributed by atoms with Crippen molar-refractivity contribution in [2.75, 3.05) is 14.2 Å². The van der Waals surface area contributed by atoms with Crippen LogP contribution in [0.3, 0.4) is 0 Å². The number of aromatic hydroxyl groups is 2. The smallest absolute Gasteiger partial charge is 0.120 e. The summed E-state index contributed by atoms with van der Waals surface area (Å²) in [5, 5.41) is 27.3. The molecular weight excluding hydrogens is 288 g/mol. The lowest BCUT2D eigenvalue weighted by molar-refractivity contribution is 0.208. The molecule has 0 spiro atoms. The van der Waals surface area contributed by atoms with E-state index < -0.39 is 5.41 Å². The zero-order chi connectivity index (χ0) is 15.5. The predicted molar refractivity (Wildman–Crippen MR) is 86.0 cm³/mol. The van der Waals surface area contributed by atoms with Gasteiger partial charge in [-0.3, -0.25) is 0 Å². The molecule has 1 aromatic rings. The third-order valence-electron chi connectivity index (χ3n) is 3.96. The van der Waals surface area contributed by atoms with Crippen molar-refractivity contribution in [3.63, 3.8) is 0 Å². The summed E-state index contributed by atoms with van der Waals surface area (Å²) < 4.78 is 0. The fraction of sp³-hybridized carbons (Fsp3) is 0.467. The molecule has 1 unspecified atom stereocenters. The van der Waals surface area contributed by atoms with Crippen LogP contribution in [0.1, 0.15) is 31.2 Å². The molecule has 0 heterocycles. The van der Waals surface area contributed by atoms with Gasteiger partial charge in [-0.05, 0) is 37.5 Å². The molecule has 1 saturated carbocycles. The van der Waals surface area contributed by atoms with Crippen LogP contribution in [-0.2, 0) is 10.3 Å². The zero-order valence-corrected chi connectivity index (χ0v) is 13.0. The maximum absolute atomic E-state index is 10.3. The van der Waals surface area contributed by atoms with Crippen molar-refractivity contribution in [2.45, 2.75) is 31.1 Å². The lowest BCUT2D eigenvalue weighted by atomic mass is 9.67. The van der Waals surface area contributed by atoms with Gasteiger partial charge in [0.1, 0.15) is 18.6 Å². The monoisotopic (exact) mass is 308 g/mol. The van der Waals surface area contributed by atoms with Crippen LogP contribution in [0.4, 0.5) is 0 Å². The average Bonchev–Trinajstić information content (AvgIpc) is 2.50. The number of phenols is 2. The van der Waals surface area contributed by atoms with Crippen LogP contribution >= 0.6 is 12.2 Å². The van der Waals surface area contributed by atoms with Gasteiger partial charge in [-0.25, -0.2) is 0 Å². The fourth-order valence-corrected chi connectivity index (χ4v) is 3.34. The molecule has 5 nitrogen and oxygen atoms in total. The number of thiocarbonyl (C=S) groups is 1. The van der Waals surface area contributed by atoms with Gasteiger partial charge in [-0.15, -0.1) is 0 Å². The van der Waals surface area contributed by atoms with E-state index in [-0.39, 0.29) is 11.5 Å². The highest BCUT2D eigenvalue weighted by Crippen LogP contribution is 2.43. The van der Waals surface area contributed by atoms with Gasteiger partial charge in [-0.1, -0.05) is 23.8 Å². The summed E-state index contributed by atoms with van der Waals surface area (Å²) in [6.45, 7) is 0. The summed E-state index contributed by atoms with van der Waals surface area (Å²) in [4.78, 5) is 5.55. The summed E-state index contributed by atoms with van der Waals surface area (Å²) in [5.74, 6) is 0.180. The van der Waals surface area contributed by atoms with Crippen molar-refractivity contribution >= 4 is 22.9 Å². The van der Waals surface area contributed by atoms with Crippen molar-refractivity contribution in [2.24, 2.45) is 5.16 Å². The number of likely N-dealkylation sites (N-methyl/N-ethyl adjacent to an activating group) is 1. The molecule has 2 rings (SSSR count). The topological polar surface area (TPSA) is 74.1 Å². The van der Waals surface area contributed by atoms with E-state index in [1.54, 1.807) is 13.1 Å². The van der Waals surface area contributed by atoms with Gasteiger partial charge >= 0.3 is 0 Å². The Morgan fingerprint density at radius 2 is 2.14 bits per heavy atom. The fourth-order valence-electron chi connectivity index (χ4n) is 3.01. The molecule has 1 aliphatic rings. The third-order valence-corrected chi connectivity index (χ3v) is 4.52. The molecule has 1 aliphatic carbocycles. The predicted octanol–water partition coefficient (Wildman–Crippen LogP) is 2.46. The van der Waals surface area contributed by atoms with E-state index >= 15 is 0 Å². The number of hydrogen-bond acceptors (Lipinski definition) is 5. The lowest BCUT2D eigenvalue weighted by Gasteiger charge is -2.39. The molecular formula is C15H20N2O3S. The average molecular weight is 308 g/mol. The van der Waals surface area contributed by atoms with E-state index in [1.807, 2.05) is 0 Å². The minimum absolute atomic E-state index is 0.0865. The highest BCUT2D eigenvalue weighted by atomic mass is 32.1. The Bertz CT molecular complexity index is 574. The summed E-state index contributed by atoms with van der Waals surface area (Å²) in [5.41, 5.74) is 0.607. The number of benzene rings is 1. The van der Waals surface area contributed by atoms with Crippen LogP contribution in [-0.4, -0.2) is 35.1 Å². The Morgan fingerprint density at radius 3 is 2.81 bits per heavy atom. The molecule has 0 aliphatic heterocycles. The molecule has 0 radical (unpaired) electrons. The lowest BCUT2D eigenvalue weighted by Crippen LogP contribution is -2.50. The first-order valence-corrected chi connectivity index (χ1v) is 7.32. The van der Waals surface area contributed by atoms with E-state index in [1.165, 1.54) is 19.2 Å². The second kappa shape index (κ2) is 6.30. The Kier molecular flexibility index (Phi) is 4.67. The highest BCUT2D eigenvalue weighted by Gasteiger charge is 2.45. The summed E-state index contributed by atoms with van der Waals surface area (Å²) in [7, 11) is 3.25. The molecule has 0 bridgehead atoms. The molecule has 0 aromatic heterocycles. The molecule has 3 N–H and O–H groups in total. The molecule has 6 heteroatoms. The highest BCUT2D eigenvalue weighted by molar-refractivity contribution is 7.80. The molecule has 0 amide bonds. The zero-order valence-electron chi connectivity index (χ0n) is 12.2. The second-order valence-electron chi connectivity index (χ2n) is 5.11. The van der Waals surface area contributed by atoms with E-state index in [4.69, 9.17) is 17.1 Å². The summed E-state index contributed by atoms with van der Waals surface area (Å²) >= 11 is 5.52. The molecule has 0 saturated heterocycles. The number of nitrogens with zero attached hydrogens (tertiary/aromatic N) is 1. The van der Waals surface area contributed by atoms with Gasteiger partial charge in [0.05, 0.1) is 16.1 Å². The van der Waals surface area contributed by atoms with Crippen LogP contribution in [0, 0.1) is 0 Å². The van der Waals surface area contributed by atoms with Gasteiger partial charge < -0.3 is 20.4 Å². The van der Waals surface area contributed by atoms with Crippen LogP contribution in [0.15, 0.2) is 23.4 Å². The molecule has 1 fully saturated rings. The minimum atomic E-state index is -0.735. The first-order valence-electron chi connectivity index (χ1n) is 6.91. The third kappa shape index (κ3) is 2.68. The van der Waals surface area contributed by atoms with Crippen LogP contribution in [0.25, 0.3) is 0 Å². The van der Waals surface area contributed by atoms with Gasteiger partial charge in [0, 0.05) is 12.6 Å². The molecule has 1 atom stereocenters. The SMILES string of the molecule is CNC(=S)C1(c2cc(O)ccc2O)CCCCC1=NOC. The quantitative estimate of drug-likeness (QED) is 0.454. The standard InChI is InChI=1S/C15H20N2O3S/c1-16-14(21)15(8-4-3-5-13(15)17-20-2)11-9-10(18)6-7-12(11)19/h6-7,9,18-19H,3-5,8H2,1-2H3,(H,16,21). The van der Waals surface area contributed by atoms with Gasteiger partial charge in [-0.2, -0.15) is 0 Å². The first-order chi connectivity index (χ1) is 10.1.